The van der Waals surface area contributed by atoms with Crippen LogP contribution in [0.3, 0.4) is 0 Å². The molecule has 0 fully saturated rings. The van der Waals surface area contributed by atoms with E-state index in [1.54, 1.807) is 0 Å². The number of aliphatic carboxylic acids is 1. The van der Waals surface area contributed by atoms with Crippen LogP contribution < -0.4 is 11.5 Å². The van der Waals surface area contributed by atoms with Crippen molar-refractivity contribution < 1.29 is 19.8 Å². The van der Waals surface area contributed by atoms with E-state index < -0.39 is 17.9 Å². The maximum absolute atomic E-state index is 10.1. The van der Waals surface area contributed by atoms with Crippen molar-refractivity contribution in [1.82, 2.24) is 0 Å². The van der Waals surface area contributed by atoms with Crippen LogP contribution in [-0.4, -0.2) is 34.7 Å². The predicted octanol–water partition coefficient (Wildman–Crippen LogP) is 0.275. The van der Waals surface area contributed by atoms with Gasteiger partial charge >= 0.3 is 5.97 Å². The quantitative estimate of drug-likeness (QED) is 0.571. The van der Waals surface area contributed by atoms with Gasteiger partial charge in [0, 0.05) is 13.0 Å². The molecule has 0 spiro atoms. The van der Waals surface area contributed by atoms with E-state index >= 15 is 0 Å². The van der Waals surface area contributed by atoms with Crippen molar-refractivity contribution in [2.75, 3.05) is 6.61 Å². The van der Waals surface area contributed by atoms with Crippen LogP contribution in [0.1, 0.15) is 24.8 Å². The highest BCUT2D eigenvalue weighted by Crippen LogP contribution is 2.00. The molecular weight excluding hydrogens is 260 g/mol. The first-order valence-electron chi connectivity index (χ1n) is 6.38. The predicted molar refractivity (Wildman–Crippen MR) is 75.9 cm³/mol. The van der Waals surface area contributed by atoms with Gasteiger partial charge in [-0.25, -0.2) is 0 Å². The molecule has 1 aromatic rings. The average molecular weight is 282 g/mol. The number of nitrogens with two attached hydrogens (primary N) is 2. The smallest absolute Gasteiger partial charge is 0.320 e. The largest absolute Gasteiger partial charge is 0.480 e. The molecular formula is C14H22N2O4. The first-order valence-corrected chi connectivity index (χ1v) is 6.38. The third kappa shape index (κ3) is 10.0. The maximum Gasteiger partial charge on any atom is 0.320 e. The lowest BCUT2D eigenvalue weighted by Gasteiger charge is -2.01. The minimum Gasteiger partial charge on any atom is -0.480 e. The molecule has 0 aliphatic heterocycles. The van der Waals surface area contributed by atoms with Crippen molar-refractivity contribution in [2.24, 2.45) is 11.5 Å². The van der Waals surface area contributed by atoms with Crippen molar-refractivity contribution >= 4 is 11.9 Å². The first kappa shape index (κ1) is 18.1. The van der Waals surface area contributed by atoms with Crippen LogP contribution in [-0.2, 0) is 16.0 Å². The number of benzene rings is 1. The molecule has 6 heteroatoms. The Bertz CT molecular complexity index is 395. The van der Waals surface area contributed by atoms with E-state index in [0.717, 1.165) is 12.8 Å². The fourth-order valence-electron chi connectivity index (χ4n) is 1.35. The number of carboxylic acid groups (broad SMARTS) is 1. The van der Waals surface area contributed by atoms with Crippen LogP contribution in [0.15, 0.2) is 30.3 Å². The van der Waals surface area contributed by atoms with Crippen molar-refractivity contribution in [3.63, 3.8) is 0 Å². The van der Waals surface area contributed by atoms with Gasteiger partial charge in [-0.2, -0.15) is 0 Å². The Morgan fingerprint density at radius 2 is 1.80 bits per heavy atom. The molecule has 0 saturated carbocycles. The van der Waals surface area contributed by atoms with Gasteiger partial charge in [0.1, 0.15) is 6.04 Å². The highest BCUT2D eigenvalue weighted by molar-refractivity contribution is 5.76. The molecule has 0 aliphatic carbocycles. The molecule has 0 radical (unpaired) electrons. The number of hydrogen-bond donors (Lipinski definition) is 4. The van der Waals surface area contributed by atoms with Gasteiger partial charge in [-0.3, -0.25) is 9.59 Å². The molecule has 112 valence electrons. The van der Waals surface area contributed by atoms with E-state index in [-0.39, 0.29) is 19.4 Å². The van der Waals surface area contributed by atoms with Crippen LogP contribution in [0.5, 0.6) is 0 Å². The number of hydrogen-bond acceptors (Lipinski definition) is 4. The lowest BCUT2D eigenvalue weighted by molar-refractivity contribution is -0.138. The molecule has 1 rings (SSSR count). The minimum atomic E-state index is -1.11. The fourth-order valence-corrected chi connectivity index (χ4v) is 1.35. The van der Waals surface area contributed by atoms with E-state index in [2.05, 4.69) is 12.1 Å². The molecule has 0 aliphatic rings. The number of carboxylic acids is 1. The van der Waals surface area contributed by atoms with Gasteiger partial charge in [0.15, 0.2) is 0 Å². The van der Waals surface area contributed by atoms with Gasteiger partial charge < -0.3 is 21.7 Å². The Labute approximate surface area is 118 Å². The Hall–Kier alpha value is -1.92. The second-order valence-electron chi connectivity index (χ2n) is 4.26. The summed E-state index contributed by atoms with van der Waals surface area (Å²) in [6, 6.07) is 9.22. The van der Waals surface area contributed by atoms with E-state index in [0.29, 0.717) is 0 Å². The summed E-state index contributed by atoms with van der Waals surface area (Å²) < 4.78 is 0. The zero-order valence-electron chi connectivity index (χ0n) is 11.4. The summed E-state index contributed by atoms with van der Waals surface area (Å²) in [5.41, 5.74) is 11.1. The lowest BCUT2D eigenvalue weighted by Crippen LogP contribution is -2.31. The first-order chi connectivity index (χ1) is 9.47. The Morgan fingerprint density at radius 1 is 1.20 bits per heavy atom. The second kappa shape index (κ2) is 11.0. The number of aliphatic hydroxyl groups excluding tert-OH is 1. The van der Waals surface area contributed by atoms with Gasteiger partial charge in [0.2, 0.25) is 5.91 Å². The monoisotopic (exact) mass is 282 g/mol. The topological polar surface area (TPSA) is 127 Å². The van der Waals surface area contributed by atoms with Crippen LogP contribution in [0, 0.1) is 0 Å². The van der Waals surface area contributed by atoms with Gasteiger partial charge in [-0.1, -0.05) is 30.3 Å². The number of aryl methyl sites for hydroxylation is 1. The number of aliphatic hydroxyl groups is 1. The molecule has 0 bridgehead atoms. The zero-order valence-corrected chi connectivity index (χ0v) is 11.4. The summed E-state index contributed by atoms with van der Waals surface area (Å²) in [6.07, 6.45) is 1.97. The van der Waals surface area contributed by atoms with Crippen LogP contribution >= 0.6 is 0 Å². The summed E-state index contributed by atoms with van der Waals surface area (Å²) in [6.45, 7) is 0.287. The maximum atomic E-state index is 10.1. The molecule has 6 N–H and O–H groups in total. The van der Waals surface area contributed by atoms with Gasteiger partial charge in [-0.05, 0) is 24.8 Å². The molecule has 6 nitrogen and oxygen atoms in total. The molecule has 1 unspecified atom stereocenters. The SMILES string of the molecule is NC(=O)CCC(N)C(=O)O.OCCCc1ccccc1. The molecule has 1 amide bonds. The van der Waals surface area contributed by atoms with Crippen LogP contribution in [0.2, 0.25) is 0 Å². The summed E-state index contributed by atoms with van der Waals surface area (Å²) in [5.74, 6) is -1.64. The molecule has 0 heterocycles. The Kier molecular flexibility index (Phi) is 9.90. The summed E-state index contributed by atoms with van der Waals surface area (Å²) in [4.78, 5) is 20.1. The van der Waals surface area contributed by atoms with E-state index in [1.165, 1.54) is 5.56 Å². The van der Waals surface area contributed by atoms with Crippen molar-refractivity contribution in [2.45, 2.75) is 31.7 Å². The highest BCUT2D eigenvalue weighted by Gasteiger charge is 2.11. The average Bonchev–Trinajstić information content (AvgIpc) is 2.44. The summed E-state index contributed by atoms with van der Waals surface area (Å²) in [5, 5.41) is 16.7. The number of carbonyl (C=O) groups is 2. The molecule has 0 aromatic heterocycles. The standard InChI is InChI=1S/C9H12O.C5H10N2O3/c10-8-4-7-9-5-2-1-3-6-9;6-3(5(9)10)1-2-4(7)8/h1-3,5-6,10H,4,7-8H2;3H,1-2,6H2,(H2,7,8)(H,9,10). The minimum absolute atomic E-state index is 0.0213. The zero-order chi connectivity index (χ0) is 15.4. The third-order valence-electron chi connectivity index (χ3n) is 2.49. The molecule has 1 aromatic carbocycles. The van der Waals surface area contributed by atoms with E-state index in [9.17, 15) is 9.59 Å². The Morgan fingerprint density at radius 3 is 2.25 bits per heavy atom. The highest BCUT2D eigenvalue weighted by atomic mass is 16.4. The third-order valence-corrected chi connectivity index (χ3v) is 2.49. The summed E-state index contributed by atoms with van der Waals surface area (Å²) >= 11 is 0. The van der Waals surface area contributed by atoms with Crippen LogP contribution in [0.4, 0.5) is 0 Å². The van der Waals surface area contributed by atoms with E-state index in [4.69, 9.17) is 21.7 Å². The number of amides is 1. The fraction of sp³-hybridized carbons (Fsp3) is 0.429. The lowest BCUT2D eigenvalue weighted by atomic mass is 10.1. The summed E-state index contributed by atoms with van der Waals surface area (Å²) in [7, 11) is 0. The van der Waals surface area contributed by atoms with E-state index in [1.807, 2.05) is 18.2 Å². The Balaban J connectivity index is 0.000000361. The normalized spacial score (nSPS) is 11.1. The second-order valence-corrected chi connectivity index (χ2v) is 4.26. The van der Waals surface area contributed by atoms with Gasteiger partial charge in [0.05, 0.1) is 0 Å². The molecule has 20 heavy (non-hydrogen) atoms. The number of rotatable bonds is 7. The molecule has 0 saturated heterocycles. The van der Waals surface area contributed by atoms with Crippen LogP contribution in [0.25, 0.3) is 0 Å². The number of primary amides is 1. The number of carbonyl (C=O) groups excluding carboxylic acids is 1. The van der Waals surface area contributed by atoms with Gasteiger partial charge in [-0.15, -0.1) is 0 Å². The van der Waals surface area contributed by atoms with Crippen molar-refractivity contribution in [3.8, 4) is 0 Å². The van der Waals surface area contributed by atoms with Gasteiger partial charge in [0.25, 0.3) is 0 Å². The van der Waals surface area contributed by atoms with Crippen molar-refractivity contribution in [1.29, 1.82) is 0 Å². The molecule has 1 atom stereocenters. The van der Waals surface area contributed by atoms with Crippen molar-refractivity contribution in [3.05, 3.63) is 35.9 Å².